The van der Waals surface area contributed by atoms with E-state index < -0.39 is 0 Å². The number of terminal acetylenes is 1. The van der Waals surface area contributed by atoms with Crippen molar-refractivity contribution in [3.63, 3.8) is 0 Å². The molecule has 3 N–H and O–H groups in total. The summed E-state index contributed by atoms with van der Waals surface area (Å²) in [4.78, 5) is 38.8. The van der Waals surface area contributed by atoms with E-state index in [0.717, 1.165) is 0 Å². The molecule has 3 unspecified atom stereocenters. The minimum atomic E-state index is -0.288. The van der Waals surface area contributed by atoms with Gasteiger partial charge in [-0.25, -0.2) is 0 Å². The van der Waals surface area contributed by atoms with Crippen LogP contribution in [0.15, 0.2) is 24.3 Å². The van der Waals surface area contributed by atoms with E-state index in [2.05, 4.69) is 26.8 Å². The molecule has 2 fully saturated rings. The van der Waals surface area contributed by atoms with Gasteiger partial charge in [0.15, 0.2) is 0 Å². The standard InChI is InChI=1S/C21H26N4O4/c1-3-10-22-19(26)9-6-16-12-23-21(28)18-11-15(13-25(16)18)24-20(27)14-4-7-17(29-2)8-5-14/h1,4-5,7-8,15-16,18H,6,9-13H2,2H3,(H,22,26)(H,23,28)(H,24,27). The van der Waals surface area contributed by atoms with Gasteiger partial charge in [0.1, 0.15) is 5.75 Å². The first-order valence-electron chi connectivity index (χ1n) is 9.70. The van der Waals surface area contributed by atoms with Crippen molar-refractivity contribution in [1.82, 2.24) is 20.9 Å². The summed E-state index contributed by atoms with van der Waals surface area (Å²) >= 11 is 0. The van der Waals surface area contributed by atoms with Gasteiger partial charge in [-0.1, -0.05) is 5.92 Å². The molecule has 0 saturated carbocycles. The van der Waals surface area contributed by atoms with Gasteiger partial charge < -0.3 is 20.7 Å². The van der Waals surface area contributed by atoms with Crippen LogP contribution >= 0.6 is 0 Å². The van der Waals surface area contributed by atoms with Crippen LogP contribution in [0.2, 0.25) is 0 Å². The maximum Gasteiger partial charge on any atom is 0.251 e. The smallest absolute Gasteiger partial charge is 0.251 e. The van der Waals surface area contributed by atoms with Gasteiger partial charge in [0.05, 0.1) is 19.7 Å². The first-order chi connectivity index (χ1) is 14.0. The van der Waals surface area contributed by atoms with Gasteiger partial charge in [-0.3, -0.25) is 19.3 Å². The van der Waals surface area contributed by atoms with Gasteiger partial charge in [0, 0.05) is 37.2 Å². The van der Waals surface area contributed by atoms with E-state index in [1.165, 1.54) is 0 Å². The zero-order chi connectivity index (χ0) is 20.8. The maximum absolute atomic E-state index is 12.5. The van der Waals surface area contributed by atoms with Crippen molar-refractivity contribution in [3.8, 4) is 18.1 Å². The predicted octanol–water partition coefficient (Wildman–Crippen LogP) is -0.104. The molecule has 3 rings (SSSR count). The third kappa shape index (κ3) is 5.06. The summed E-state index contributed by atoms with van der Waals surface area (Å²) in [7, 11) is 1.57. The number of hydrogen-bond acceptors (Lipinski definition) is 5. The van der Waals surface area contributed by atoms with Crippen molar-refractivity contribution in [2.75, 3.05) is 26.7 Å². The van der Waals surface area contributed by atoms with Crippen molar-refractivity contribution >= 4 is 17.7 Å². The molecule has 2 aliphatic heterocycles. The van der Waals surface area contributed by atoms with Crippen molar-refractivity contribution in [2.24, 2.45) is 0 Å². The third-order valence-electron chi connectivity index (χ3n) is 5.40. The topological polar surface area (TPSA) is 99.8 Å². The fourth-order valence-corrected chi connectivity index (χ4v) is 3.90. The summed E-state index contributed by atoms with van der Waals surface area (Å²) in [6.07, 6.45) is 6.66. The Morgan fingerprint density at radius 2 is 2.10 bits per heavy atom. The SMILES string of the molecule is C#CCNC(=O)CCC1CNC(=O)C2CC(NC(=O)c3ccc(OC)cc3)CN12. The number of amides is 3. The van der Waals surface area contributed by atoms with E-state index in [0.29, 0.717) is 43.7 Å². The van der Waals surface area contributed by atoms with Crippen molar-refractivity contribution < 1.29 is 19.1 Å². The molecule has 0 bridgehead atoms. The molecule has 8 nitrogen and oxygen atoms in total. The third-order valence-corrected chi connectivity index (χ3v) is 5.40. The highest BCUT2D eigenvalue weighted by Crippen LogP contribution is 2.26. The first kappa shape index (κ1) is 20.7. The molecule has 1 aromatic carbocycles. The molecule has 2 aliphatic rings. The highest BCUT2D eigenvalue weighted by molar-refractivity contribution is 5.94. The minimum absolute atomic E-state index is 0.0285. The Morgan fingerprint density at radius 1 is 1.34 bits per heavy atom. The fraction of sp³-hybridized carbons (Fsp3) is 0.476. The average Bonchev–Trinajstić information content (AvgIpc) is 3.16. The molecular formula is C21H26N4O4. The Hall–Kier alpha value is -3.05. The number of piperazine rings is 1. The lowest BCUT2D eigenvalue weighted by atomic mass is 10.0. The number of nitrogens with one attached hydrogen (secondary N) is 3. The van der Waals surface area contributed by atoms with Gasteiger partial charge in [-0.2, -0.15) is 0 Å². The van der Waals surface area contributed by atoms with Crippen LogP contribution in [0.3, 0.4) is 0 Å². The Kier molecular flexibility index (Phi) is 6.73. The molecule has 2 saturated heterocycles. The second-order valence-corrected chi connectivity index (χ2v) is 7.27. The fourth-order valence-electron chi connectivity index (χ4n) is 3.90. The van der Waals surface area contributed by atoms with E-state index in [1.807, 2.05) is 0 Å². The maximum atomic E-state index is 12.5. The van der Waals surface area contributed by atoms with Crippen LogP contribution < -0.4 is 20.7 Å². The Labute approximate surface area is 170 Å². The zero-order valence-corrected chi connectivity index (χ0v) is 16.4. The second-order valence-electron chi connectivity index (χ2n) is 7.27. The summed E-state index contributed by atoms with van der Waals surface area (Å²) in [6, 6.07) is 6.53. The van der Waals surface area contributed by atoms with Gasteiger partial charge in [-0.15, -0.1) is 6.42 Å². The number of hydrogen-bond donors (Lipinski definition) is 3. The average molecular weight is 398 g/mol. The number of ether oxygens (including phenoxy) is 1. The van der Waals surface area contributed by atoms with Crippen LogP contribution in [0.25, 0.3) is 0 Å². The van der Waals surface area contributed by atoms with Crippen molar-refractivity contribution in [3.05, 3.63) is 29.8 Å². The van der Waals surface area contributed by atoms with Crippen LogP contribution in [-0.2, 0) is 9.59 Å². The lowest BCUT2D eigenvalue weighted by Gasteiger charge is -2.37. The summed E-state index contributed by atoms with van der Waals surface area (Å²) in [5.41, 5.74) is 0.543. The summed E-state index contributed by atoms with van der Waals surface area (Å²) in [5, 5.41) is 8.59. The molecule has 1 aromatic rings. The van der Waals surface area contributed by atoms with E-state index >= 15 is 0 Å². The number of fused-ring (bicyclic) bond motifs is 1. The predicted molar refractivity (Wildman–Crippen MR) is 107 cm³/mol. The van der Waals surface area contributed by atoms with Gasteiger partial charge in [0.2, 0.25) is 11.8 Å². The van der Waals surface area contributed by atoms with Crippen LogP contribution in [0, 0.1) is 12.3 Å². The summed E-state index contributed by atoms with van der Waals surface area (Å²) in [6.45, 7) is 1.29. The summed E-state index contributed by atoms with van der Waals surface area (Å²) in [5.74, 6) is 2.76. The highest BCUT2D eigenvalue weighted by atomic mass is 16.5. The van der Waals surface area contributed by atoms with Gasteiger partial charge in [0.25, 0.3) is 5.91 Å². The lowest BCUT2D eigenvalue weighted by molar-refractivity contribution is -0.129. The quantitative estimate of drug-likeness (QED) is 0.557. The van der Waals surface area contributed by atoms with Crippen LogP contribution in [0.4, 0.5) is 0 Å². The molecule has 154 valence electrons. The zero-order valence-electron chi connectivity index (χ0n) is 16.4. The van der Waals surface area contributed by atoms with Crippen LogP contribution in [-0.4, -0.2) is 67.5 Å². The van der Waals surface area contributed by atoms with Crippen LogP contribution in [0.5, 0.6) is 5.75 Å². The molecule has 0 aliphatic carbocycles. The highest BCUT2D eigenvalue weighted by Gasteiger charge is 2.43. The van der Waals surface area contributed by atoms with Gasteiger partial charge in [-0.05, 0) is 37.1 Å². The Morgan fingerprint density at radius 3 is 2.79 bits per heavy atom. The Bertz CT molecular complexity index is 802. The Balaban J connectivity index is 1.57. The molecular weight excluding hydrogens is 372 g/mol. The van der Waals surface area contributed by atoms with Crippen molar-refractivity contribution in [1.29, 1.82) is 0 Å². The molecule has 8 heteroatoms. The number of carbonyl (C=O) groups excluding carboxylic acids is 3. The number of benzene rings is 1. The van der Waals surface area contributed by atoms with E-state index in [9.17, 15) is 14.4 Å². The van der Waals surface area contributed by atoms with E-state index in [1.54, 1.807) is 31.4 Å². The molecule has 3 amide bonds. The lowest BCUT2D eigenvalue weighted by Crippen LogP contribution is -2.58. The second kappa shape index (κ2) is 9.43. The molecule has 0 radical (unpaired) electrons. The molecule has 2 heterocycles. The number of carbonyl (C=O) groups is 3. The molecule has 0 aromatic heterocycles. The largest absolute Gasteiger partial charge is 0.497 e. The minimum Gasteiger partial charge on any atom is -0.497 e. The van der Waals surface area contributed by atoms with E-state index in [4.69, 9.17) is 11.2 Å². The summed E-state index contributed by atoms with van der Waals surface area (Å²) < 4.78 is 5.11. The number of methoxy groups -OCH3 is 1. The number of rotatable bonds is 7. The number of nitrogens with zero attached hydrogens (tertiary/aromatic N) is 1. The van der Waals surface area contributed by atoms with Gasteiger partial charge >= 0.3 is 0 Å². The molecule has 0 spiro atoms. The van der Waals surface area contributed by atoms with Crippen molar-refractivity contribution in [2.45, 2.75) is 37.4 Å². The first-order valence-corrected chi connectivity index (χ1v) is 9.70. The monoisotopic (exact) mass is 398 g/mol. The molecule has 3 atom stereocenters. The van der Waals surface area contributed by atoms with E-state index in [-0.39, 0.29) is 42.4 Å². The molecule has 29 heavy (non-hydrogen) atoms. The normalized spacial score (nSPS) is 23.4. The van der Waals surface area contributed by atoms with Crippen LogP contribution in [0.1, 0.15) is 29.6 Å².